The summed E-state index contributed by atoms with van der Waals surface area (Å²) in [5.74, 6) is 0. The van der Waals surface area contributed by atoms with Crippen LogP contribution in [-0.4, -0.2) is 43.9 Å². The fourth-order valence-corrected chi connectivity index (χ4v) is 0.589. The van der Waals surface area contributed by atoms with Crippen LogP contribution in [-0.2, 0) is 0 Å². The molecule has 0 aliphatic heterocycles. The van der Waals surface area contributed by atoms with Gasteiger partial charge in [0.1, 0.15) is 14.1 Å². The first-order valence-corrected chi connectivity index (χ1v) is 5.90. The van der Waals surface area contributed by atoms with Gasteiger partial charge < -0.3 is 4.90 Å². The van der Waals surface area contributed by atoms with Gasteiger partial charge in [0.25, 0.3) is 0 Å². The Labute approximate surface area is 104 Å². The molecule has 0 spiro atoms. The van der Waals surface area contributed by atoms with Crippen molar-refractivity contribution in [3.05, 3.63) is 23.9 Å². The lowest BCUT2D eigenvalue weighted by molar-refractivity contribution is -2.00. The van der Waals surface area contributed by atoms with Gasteiger partial charge in [-0.05, 0) is 24.8 Å². The Bertz CT molecular complexity index is 283. The smallest absolute Gasteiger partial charge is 0.163 e. The molecule has 0 heterocycles. The second kappa shape index (κ2) is 9.15. The van der Waals surface area contributed by atoms with Crippen LogP contribution in [0.4, 0.5) is 0 Å². The van der Waals surface area contributed by atoms with Crippen molar-refractivity contribution in [2.75, 3.05) is 28.2 Å². The highest BCUT2D eigenvalue weighted by Gasteiger charge is 1.84. The maximum absolute atomic E-state index is 8.49. The van der Waals surface area contributed by atoms with E-state index in [1.54, 1.807) is 0 Å². The van der Waals surface area contributed by atoms with Gasteiger partial charge in [0.15, 0.2) is 6.21 Å². The lowest BCUT2D eigenvalue weighted by Gasteiger charge is -2.17. The Hall–Kier alpha value is -0.920. The highest BCUT2D eigenvalue weighted by Crippen LogP contribution is 1.93. The van der Waals surface area contributed by atoms with E-state index < -0.39 is 10.2 Å². The molecule has 100 valence electrons. The van der Waals surface area contributed by atoms with Crippen LogP contribution in [0.15, 0.2) is 23.9 Å². The lowest BCUT2D eigenvalue weighted by Crippen LogP contribution is -2.68. The molecule has 0 bridgehead atoms. The van der Waals surface area contributed by atoms with E-state index in [0.29, 0.717) is 0 Å². The fraction of sp³-hybridized carbons (Fsp3) is 0.500. The van der Waals surface area contributed by atoms with Gasteiger partial charge in [0.2, 0.25) is 0 Å². The summed E-state index contributed by atoms with van der Waals surface area (Å²) in [5, 5.41) is 0. The number of rotatable bonds is 3. The summed E-state index contributed by atoms with van der Waals surface area (Å²) >= 11 is 0. The molecule has 0 aliphatic carbocycles. The molecule has 0 unspecified atom stereocenters. The number of hydrogen-bond donors (Lipinski definition) is 0. The largest absolute Gasteiger partial charge is 0.383 e. The van der Waals surface area contributed by atoms with Crippen LogP contribution < -0.4 is 18.6 Å². The maximum atomic E-state index is 8.49. The van der Waals surface area contributed by atoms with Gasteiger partial charge in [-0.1, -0.05) is 0 Å². The molecule has 0 N–H and O–H groups in total. The maximum Gasteiger partial charge on any atom is 0.163 e. The Morgan fingerprint density at radius 2 is 1.53 bits per heavy atom. The SMILES string of the molecule is CC(/C=C/N(C)C)=C\C=[N+](C)C.[O-][Cl+3]([O-])([O-])[O-]. The lowest BCUT2D eigenvalue weighted by atomic mass is 10.3. The van der Waals surface area contributed by atoms with Crippen molar-refractivity contribution in [3.63, 3.8) is 0 Å². The Balaban J connectivity index is 0. The van der Waals surface area contributed by atoms with E-state index in [1.807, 2.05) is 50.1 Å². The van der Waals surface area contributed by atoms with Gasteiger partial charge >= 0.3 is 0 Å². The predicted octanol–water partition coefficient (Wildman–Crippen LogP) is -3.41. The third-order valence-electron chi connectivity index (χ3n) is 1.27. The van der Waals surface area contributed by atoms with Crippen molar-refractivity contribution < 1.29 is 33.5 Å². The quantitative estimate of drug-likeness (QED) is 0.301. The molecule has 0 aromatic heterocycles. The van der Waals surface area contributed by atoms with Crippen molar-refractivity contribution in [1.29, 1.82) is 0 Å². The van der Waals surface area contributed by atoms with Gasteiger partial charge in [0.05, 0.1) is 0 Å². The van der Waals surface area contributed by atoms with Gasteiger partial charge in [-0.25, -0.2) is 23.2 Å². The van der Waals surface area contributed by atoms with Crippen LogP contribution in [0.1, 0.15) is 6.92 Å². The van der Waals surface area contributed by atoms with Crippen molar-refractivity contribution in [2.45, 2.75) is 6.92 Å². The average molecular weight is 267 g/mol. The van der Waals surface area contributed by atoms with E-state index in [4.69, 9.17) is 18.6 Å². The number of nitrogens with zero attached hydrogens (tertiary/aromatic N) is 2. The van der Waals surface area contributed by atoms with Crippen LogP contribution in [0.2, 0.25) is 0 Å². The minimum absolute atomic E-state index is 1.25. The molecule has 0 atom stereocenters. The summed E-state index contributed by atoms with van der Waals surface area (Å²) in [5.41, 5.74) is 1.25. The zero-order valence-electron chi connectivity index (χ0n) is 10.7. The molecular weight excluding hydrogens is 248 g/mol. The number of allylic oxidation sites excluding steroid dienone is 3. The Morgan fingerprint density at radius 3 is 1.82 bits per heavy atom. The van der Waals surface area contributed by atoms with Crippen molar-refractivity contribution in [1.82, 2.24) is 4.90 Å². The third kappa shape index (κ3) is 31.3. The molecule has 0 saturated heterocycles. The zero-order valence-corrected chi connectivity index (χ0v) is 11.5. The first-order chi connectivity index (χ1) is 7.52. The van der Waals surface area contributed by atoms with Crippen LogP contribution in [0.5, 0.6) is 0 Å². The summed E-state index contributed by atoms with van der Waals surface area (Å²) < 4.78 is 36.0. The van der Waals surface area contributed by atoms with E-state index in [0.717, 1.165) is 0 Å². The molecule has 7 heteroatoms. The minimum atomic E-state index is -4.94. The topological polar surface area (TPSA) is 98.5 Å². The first-order valence-electron chi connectivity index (χ1n) is 4.67. The van der Waals surface area contributed by atoms with Gasteiger partial charge in [-0.2, -0.15) is 0 Å². The van der Waals surface area contributed by atoms with Gasteiger partial charge in [-0.3, -0.25) is 0 Å². The molecule has 0 saturated carbocycles. The van der Waals surface area contributed by atoms with Crippen LogP contribution >= 0.6 is 0 Å². The zero-order chi connectivity index (χ0) is 14.1. The average Bonchev–Trinajstić information content (AvgIpc) is 2.08. The molecule has 0 aliphatic rings. The minimum Gasteiger partial charge on any atom is -0.383 e. The molecule has 0 fully saturated rings. The first kappa shape index (κ1) is 18.4. The van der Waals surface area contributed by atoms with E-state index in [-0.39, 0.29) is 0 Å². The summed E-state index contributed by atoms with van der Waals surface area (Å²) in [6, 6.07) is 0. The highest BCUT2D eigenvalue weighted by molar-refractivity contribution is 5.68. The summed E-state index contributed by atoms with van der Waals surface area (Å²) in [6.07, 6.45) is 8.24. The van der Waals surface area contributed by atoms with Crippen LogP contribution in [0, 0.1) is 10.2 Å². The predicted molar refractivity (Wildman–Crippen MR) is 54.8 cm³/mol. The van der Waals surface area contributed by atoms with E-state index >= 15 is 0 Å². The molecule has 0 aromatic rings. The van der Waals surface area contributed by atoms with Gasteiger partial charge in [0, 0.05) is 20.2 Å². The summed E-state index contributed by atoms with van der Waals surface area (Å²) in [6.45, 7) is 2.08. The number of hydrogen-bond acceptors (Lipinski definition) is 5. The summed E-state index contributed by atoms with van der Waals surface area (Å²) in [4.78, 5) is 2.02. The Morgan fingerprint density at radius 1 is 1.12 bits per heavy atom. The van der Waals surface area contributed by atoms with Crippen molar-refractivity contribution in [3.8, 4) is 0 Å². The van der Waals surface area contributed by atoms with Crippen molar-refractivity contribution >= 4 is 6.21 Å². The monoisotopic (exact) mass is 266 g/mol. The van der Waals surface area contributed by atoms with Crippen molar-refractivity contribution in [2.24, 2.45) is 0 Å². The third-order valence-corrected chi connectivity index (χ3v) is 1.27. The second-order valence-corrected chi connectivity index (χ2v) is 4.44. The molecule has 6 nitrogen and oxygen atoms in total. The van der Waals surface area contributed by atoms with Crippen LogP contribution in [0.3, 0.4) is 0 Å². The van der Waals surface area contributed by atoms with Gasteiger partial charge in [-0.15, -0.1) is 10.2 Å². The fourth-order valence-electron chi connectivity index (χ4n) is 0.589. The Kier molecular flexibility index (Phi) is 9.92. The number of halogens is 1. The van der Waals surface area contributed by atoms with Crippen LogP contribution in [0.25, 0.3) is 0 Å². The molecule has 17 heavy (non-hydrogen) atoms. The van der Waals surface area contributed by atoms with E-state index in [2.05, 4.69) is 19.1 Å². The standard InChI is InChI=1S/C10H19N2.ClHO4/c1-10(6-8-11(2)3)7-9-12(4)5;2-1(3,4)5/h6-9H,1-5H3;(H,2,3,4,5)/q+1;/p-1. The van der Waals surface area contributed by atoms with E-state index in [1.165, 1.54) is 5.57 Å². The highest BCUT2D eigenvalue weighted by atomic mass is 35.7. The molecule has 0 rings (SSSR count). The second-order valence-electron chi connectivity index (χ2n) is 3.68. The van der Waals surface area contributed by atoms with E-state index in [9.17, 15) is 0 Å². The summed E-state index contributed by atoms with van der Waals surface area (Å²) in [7, 11) is 3.11. The molecule has 0 radical (unpaired) electrons. The normalized spacial score (nSPS) is 11.9. The molecule has 0 aromatic carbocycles. The molecule has 0 amide bonds. The molecular formula is C10H19ClN2O4.